The molecule has 3 rings (SSSR count). The molecule has 0 unspecified atom stereocenters. The van der Waals surface area contributed by atoms with Crippen LogP contribution in [0.25, 0.3) is 0 Å². The lowest BCUT2D eigenvalue weighted by Crippen LogP contribution is -2.45. The lowest BCUT2D eigenvalue weighted by molar-refractivity contribution is -0.146. The third-order valence-corrected chi connectivity index (χ3v) is 4.29. The molecule has 0 radical (unpaired) electrons. The Morgan fingerprint density at radius 3 is 2.60 bits per heavy atom. The molecule has 1 aromatic carbocycles. The predicted molar refractivity (Wildman–Crippen MR) is 88.7 cm³/mol. The van der Waals surface area contributed by atoms with E-state index < -0.39 is 23.7 Å². The number of carbonyl (C=O) groups is 2. The van der Waals surface area contributed by atoms with Gasteiger partial charge < -0.3 is 18.9 Å². The van der Waals surface area contributed by atoms with Crippen LogP contribution in [-0.4, -0.2) is 49.1 Å². The second-order valence-electron chi connectivity index (χ2n) is 7.15. The highest BCUT2D eigenvalue weighted by molar-refractivity contribution is 5.83. The molecular weight excluding hydrogens is 326 g/mol. The highest BCUT2D eigenvalue weighted by Gasteiger charge is 2.45. The van der Waals surface area contributed by atoms with Gasteiger partial charge in [0.05, 0.1) is 7.11 Å². The van der Waals surface area contributed by atoms with E-state index in [4.69, 9.17) is 18.9 Å². The Labute approximate surface area is 146 Å². The molecule has 2 atom stereocenters. The van der Waals surface area contributed by atoms with Crippen molar-refractivity contribution in [1.29, 1.82) is 0 Å². The number of hydrogen-bond acceptors (Lipinski definition) is 6. The second-order valence-corrected chi connectivity index (χ2v) is 7.15. The monoisotopic (exact) mass is 349 g/mol. The Bertz CT molecular complexity index is 681. The maximum atomic E-state index is 12.5. The number of carbonyl (C=O) groups excluding carboxylic acids is 2. The van der Waals surface area contributed by atoms with Crippen LogP contribution in [-0.2, 0) is 14.3 Å². The summed E-state index contributed by atoms with van der Waals surface area (Å²) in [6, 6.07) is 4.86. The molecule has 0 N–H and O–H groups in total. The van der Waals surface area contributed by atoms with Crippen LogP contribution in [0.2, 0.25) is 0 Å². The normalized spacial score (nSPS) is 22.0. The highest BCUT2D eigenvalue weighted by Crippen LogP contribution is 2.40. The number of hydrogen-bond donors (Lipinski definition) is 0. The number of amides is 1. The molecule has 0 aromatic heterocycles. The maximum absolute atomic E-state index is 12.5. The van der Waals surface area contributed by atoms with Crippen LogP contribution in [0.15, 0.2) is 18.2 Å². The van der Waals surface area contributed by atoms with Crippen LogP contribution in [0.1, 0.15) is 38.7 Å². The fraction of sp³-hybridized carbons (Fsp3) is 0.556. The molecule has 1 aromatic rings. The van der Waals surface area contributed by atoms with Crippen molar-refractivity contribution in [2.75, 3.05) is 20.4 Å². The molecule has 0 saturated carbocycles. The lowest BCUT2D eigenvalue weighted by atomic mass is 9.91. The SMILES string of the molecule is COC(=O)[C@H]1[C@@H](c2ccc3c(c2)OCO3)CCN1C(=O)OC(C)(C)C. The van der Waals surface area contributed by atoms with Gasteiger partial charge in [-0.1, -0.05) is 6.07 Å². The van der Waals surface area contributed by atoms with E-state index in [0.717, 1.165) is 5.56 Å². The molecule has 2 aliphatic rings. The Balaban J connectivity index is 1.87. The summed E-state index contributed by atoms with van der Waals surface area (Å²) in [5.41, 5.74) is 0.278. The zero-order valence-corrected chi connectivity index (χ0v) is 14.9. The van der Waals surface area contributed by atoms with Crippen LogP contribution >= 0.6 is 0 Å². The fourth-order valence-electron chi connectivity index (χ4n) is 3.22. The molecule has 2 aliphatic heterocycles. The van der Waals surface area contributed by atoms with Gasteiger partial charge in [0.15, 0.2) is 11.5 Å². The van der Waals surface area contributed by atoms with Gasteiger partial charge in [0.2, 0.25) is 6.79 Å². The van der Waals surface area contributed by atoms with E-state index in [1.165, 1.54) is 12.0 Å². The van der Waals surface area contributed by atoms with E-state index in [9.17, 15) is 9.59 Å². The standard InChI is InChI=1S/C18H23NO6/c1-18(2,3)25-17(21)19-8-7-12(15(19)16(20)22-4)11-5-6-13-14(9-11)24-10-23-13/h5-6,9,12,15H,7-8,10H2,1-4H3/t12-,15-/m1/s1. The lowest BCUT2D eigenvalue weighted by Gasteiger charge is -2.29. The summed E-state index contributed by atoms with van der Waals surface area (Å²) in [5, 5.41) is 0. The molecule has 7 heteroatoms. The first kappa shape index (κ1) is 17.4. The van der Waals surface area contributed by atoms with E-state index in [1.807, 2.05) is 18.2 Å². The predicted octanol–water partition coefficient (Wildman–Crippen LogP) is 2.68. The minimum Gasteiger partial charge on any atom is -0.467 e. The Morgan fingerprint density at radius 1 is 1.20 bits per heavy atom. The van der Waals surface area contributed by atoms with Crippen molar-refractivity contribution in [2.45, 2.75) is 44.8 Å². The highest BCUT2D eigenvalue weighted by atomic mass is 16.7. The fourth-order valence-corrected chi connectivity index (χ4v) is 3.22. The van der Waals surface area contributed by atoms with E-state index in [1.54, 1.807) is 20.8 Å². The minimum atomic E-state index is -0.722. The second kappa shape index (κ2) is 6.46. The van der Waals surface area contributed by atoms with Crippen molar-refractivity contribution >= 4 is 12.1 Å². The van der Waals surface area contributed by atoms with Gasteiger partial charge in [0.1, 0.15) is 11.6 Å². The first-order valence-electron chi connectivity index (χ1n) is 8.27. The van der Waals surface area contributed by atoms with Crippen LogP contribution < -0.4 is 9.47 Å². The Hall–Kier alpha value is -2.44. The van der Waals surface area contributed by atoms with Crippen molar-refractivity contribution in [1.82, 2.24) is 4.90 Å². The number of nitrogens with zero attached hydrogens (tertiary/aromatic N) is 1. The average molecular weight is 349 g/mol. The molecule has 0 aliphatic carbocycles. The van der Waals surface area contributed by atoms with Gasteiger partial charge >= 0.3 is 12.1 Å². The molecular formula is C18H23NO6. The molecule has 136 valence electrons. The van der Waals surface area contributed by atoms with Gasteiger partial charge in [0.25, 0.3) is 0 Å². The molecule has 2 heterocycles. The molecule has 25 heavy (non-hydrogen) atoms. The molecule has 0 bridgehead atoms. The van der Waals surface area contributed by atoms with E-state index >= 15 is 0 Å². The number of esters is 1. The quantitative estimate of drug-likeness (QED) is 0.764. The summed E-state index contributed by atoms with van der Waals surface area (Å²) in [6.45, 7) is 6.00. The summed E-state index contributed by atoms with van der Waals surface area (Å²) in [6.07, 6.45) is 0.129. The number of methoxy groups -OCH3 is 1. The molecule has 1 fully saturated rings. The van der Waals surface area contributed by atoms with E-state index in [2.05, 4.69) is 0 Å². The van der Waals surface area contributed by atoms with Gasteiger partial charge in [-0.25, -0.2) is 9.59 Å². The molecule has 7 nitrogen and oxygen atoms in total. The van der Waals surface area contributed by atoms with Crippen LogP contribution in [0.3, 0.4) is 0 Å². The summed E-state index contributed by atoms with van der Waals surface area (Å²) in [5.74, 6) is 0.692. The number of benzene rings is 1. The topological polar surface area (TPSA) is 74.3 Å². The molecule has 1 amide bonds. The number of rotatable bonds is 2. The van der Waals surface area contributed by atoms with E-state index in [0.29, 0.717) is 24.5 Å². The van der Waals surface area contributed by atoms with Gasteiger partial charge in [-0.3, -0.25) is 4.90 Å². The van der Waals surface area contributed by atoms with E-state index in [-0.39, 0.29) is 12.7 Å². The van der Waals surface area contributed by atoms with Gasteiger partial charge in [-0.2, -0.15) is 0 Å². The first-order chi connectivity index (χ1) is 11.8. The average Bonchev–Trinajstić information content (AvgIpc) is 3.18. The van der Waals surface area contributed by atoms with Gasteiger partial charge in [-0.05, 0) is 44.9 Å². The van der Waals surface area contributed by atoms with Crippen molar-refractivity contribution in [3.63, 3.8) is 0 Å². The van der Waals surface area contributed by atoms with Crippen LogP contribution in [0.4, 0.5) is 4.79 Å². The van der Waals surface area contributed by atoms with Crippen molar-refractivity contribution in [3.8, 4) is 11.5 Å². The maximum Gasteiger partial charge on any atom is 0.411 e. The third-order valence-electron chi connectivity index (χ3n) is 4.29. The minimum absolute atomic E-state index is 0.186. The number of likely N-dealkylation sites (tertiary alicyclic amines) is 1. The summed E-state index contributed by atoms with van der Waals surface area (Å²) >= 11 is 0. The van der Waals surface area contributed by atoms with Crippen LogP contribution in [0, 0.1) is 0 Å². The van der Waals surface area contributed by atoms with Crippen molar-refractivity contribution in [3.05, 3.63) is 23.8 Å². The Morgan fingerprint density at radius 2 is 1.92 bits per heavy atom. The smallest absolute Gasteiger partial charge is 0.411 e. The Kier molecular flexibility index (Phi) is 4.49. The first-order valence-corrected chi connectivity index (χ1v) is 8.27. The third kappa shape index (κ3) is 3.50. The van der Waals surface area contributed by atoms with Crippen molar-refractivity contribution < 1.29 is 28.5 Å². The van der Waals surface area contributed by atoms with Gasteiger partial charge in [0, 0.05) is 12.5 Å². The number of ether oxygens (including phenoxy) is 4. The zero-order chi connectivity index (χ0) is 18.2. The largest absolute Gasteiger partial charge is 0.467 e. The molecule has 1 saturated heterocycles. The molecule has 0 spiro atoms. The van der Waals surface area contributed by atoms with Gasteiger partial charge in [-0.15, -0.1) is 0 Å². The van der Waals surface area contributed by atoms with Crippen LogP contribution in [0.5, 0.6) is 11.5 Å². The summed E-state index contributed by atoms with van der Waals surface area (Å²) in [4.78, 5) is 26.3. The zero-order valence-electron chi connectivity index (χ0n) is 14.9. The number of fused-ring (bicyclic) bond motifs is 1. The summed E-state index contributed by atoms with van der Waals surface area (Å²) in [7, 11) is 1.32. The van der Waals surface area contributed by atoms with Crippen molar-refractivity contribution in [2.24, 2.45) is 0 Å². The summed E-state index contributed by atoms with van der Waals surface area (Å²) < 4.78 is 21.1.